The first kappa shape index (κ1) is 32.3. The predicted octanol–water partition coefficient (Wildman–Crippen LogP) is 6.14. The lowest BCUT2D eigenvalue weighted by molar-refractivity contribution is -0.384. The SMILES string of the molecule is COc1ccc(NC(=O)C(C)Sc2ccc(NC(=O)/C(=C/c3ccc([N+](=O)[O-])cc3)NC(=O)c3ccccc3)cc2)c(OC)c1. The summed E-state index contributed by atoms with van der Waals surface area (Å²) < 4.78 is 10.5. The number of methoxy groups -OCH3 is 2. The van der Waals surface area contributed by atoms with E-state index in [-0.39, 0.29) is 17.3 Å². The van der Waals surface area contributed by atoms with Crippen molar-refractivity contribution in [2.45, 2.75) is 17.1 Å². The molecule has 45 heavy (non-hydrogen) atoms. The van der Waals surface area contributed by atoms with E-state index in [0.717, 1.165) is 4.90 Å². The van der Waals surface area contributed by atoms with Crippen molar-refractivity contribution in [2.24, 2.45) is 0 Å². The maximum absolute atomic E-state index is 13.3. The van der Waals surface area contributed by atoms with Gasteiger partial charge in [-0.15, -0.1) is 11.8 Å². The van der Waals surface area contributed by atoms with Crippen LogP contribution in [-0.2, 0) is 9.59 Å². The zero-order valence-electron chi connectivity index (χ0n) is 24.6. The van der Waals surface area contributed by atoms with E-state index in [1.165, 1.54) is 49.2 Å². The van der Waals surface area contributed by atoms with Gasteiger partial charge in [0.25, 0.3) is 17.5 Å². The number of nitrogens with one attached hydrogen (secondary N) is 3. The summed E-state index contributed by atoms with van der Waals surface area (Å²) in [6.45, 7) is 1.77. The average Bonchev–Trinajstić information content (AvgIpc) is 3.06. The highest BCUT2D eigenvalue weighted by molar-refractivity contribution is 8.00. The van der Waals surface area contributed by atoms with E-state index in [1.54, 1.807) is 86.8 Å². The lowest BCUT2D eigenvalue weighted by Gasteiger charge is -2.15. The zero-order valence-corrected chi connectivity index (χ0v) is 25.4. The molecule has 230 valence electrons. The first-order chi connectivity index (χ1) is 21.7. The molecular weight excluding hydrogens is 596 g/mol. The fraction of sp³-hybridized carbons (Fsp3) is 0.121. The van der Waals surface area contributed by atoms with E-state index < -0.39 is 22.0 Å². The summed E-state index contributed by atoms with van der Waals surface area (Å²) in [7, 11) is 3.05. The van der Waals surface area contributed by atoms with Crippen molar-refractivity contribution < 1.29 is 28.8 Å². The van der Waals surface area contributed by atoms with Gasteiger partial charge < -0.3 is 25.4 Å². The predicted molar refractivity (Wildman–Crippen MR) is 174 cm³/mol. The number of thioether (sulfide) groups is 1. The largest absolute Gasteiger partial charge is 0.497 e. The van der Waals surface area contributed by atoms with Crippen molar-refractivity contribution in [2.75, 3.05) is 24.9 Å². The van der Waals surface area contributed by atoms with Crippen molar-refractivity contribution >= 4 is 52.6 Å². The molecule has 12 heteroatoms. The fourth-order valence-corrected chi connectivity index (χ4v) is 4.88. The van der Waals surface area contributed by atoms with Crippen LogP contribution in [0.4, 0.5) is 17.1 Å². The van der Waals surface area contributed by atoms with Crippen molar-refractivity contribution in [1.29, 1.82) is 0 Å². The number of benzene rings is 4. The third kappa shape index (κ3) is 8.94. The smallest absolute Gasteiger partial charge is 0.272 e. The molecule has 0 saturated heterocycles. The van der Waals surface area contributed by atoms with Gasteiger partial charge in [0.15, 0.2) is 0 Å². The summed E-state index contributed by atoms with van der Waals surface area (Å²) in [5, 5.41) is 18.8. The van der Waals surface area contributed by atoms with Gasteiger partial charge in [0, 0.05) is 34.3 Å². The molecule has 0 heterocycles. The molecule has 3 amide bonds. The Balaban J connectivity index is 1.44. The van der Waals surface area contributed by atoms with Crippen LogP contribution in [0.3, 0.4) is 0 Å². The van der Waals surface area contributed by atoms with Crippen LogP contribution in [0.1, 0.15) is 22.8 Å². The molecule has 0 fully saturated rings. The topological polar surface area (TPSA) is 149 Å². The van der Waals surface area contributed by atoms with Crippen LogP contribution in [0.5, 0.6) is 11.5 Å². The van der Waals surface area contributed by atoms with Gasteiger partial charge in [-0.05, 0) is 79.2 Å². The third-order valence-corrected chi connectivity index (χ3v) is 7.52. The number of hydrogen-bond donors (Lipinski definition) is 3. The first-order valence-electron chi connectivity index (χ1n) is 13.6. The molecule has 0 aliphatic heterocycles. The van der Waals surface area contributed by atoms with Crippen LogP contribution < -0.4 is 25.4 Å². The highest BCUT2D eigenvalue weighted by atomic mass is 32.2. The summed E-state index contributed by atoms with van der Waals surface area (Å²) in [6.07, 6.45) is 1.43. The van der Waals surface area contributed by atoms with E-state index in [2.05, 4.69) is 16.0 Å². The number of nitro groups is 1. The number of hydrogen-bond acceptors (Lipinski definition) is 8. The summed E-state index contributed by atoms with van der Waals surface area (Å²) >= 11 is 1.33. The molecule has 0 aromatic heterocycles. The number of nitro benzene ring substituents is 1. The molecule has 4 aromatic rings. The van der Waals surface area contributed by atoms with Crippen molar-refractivity contribution in [1.82, 2.24) is 5.32 Å². The summed E-state index contributed by atoms with van der Waals surface area (Å²) in [4.78, 5) is 50.3. The summed E-state index contributed by atoms with van der Waals surface area (Å²) in [5.74, 6) is -0.241. The van der Waals surface area contributed by atoms with Crippen molar-refractivity contribution in [3.05, 3.63) is 124 Å². The fourth-order valence-electron chi connectivity index (χ4n) is 4.01. The molecule has 0 aliphatic carbocycles. The number of rotatable bonds is 12. The van der Waals surface area contributed by atoms with Gasteiger partial charge in [-0.1, -0.05) is 18.2 Å². The van der Waals surface area contributed by atoms with E-state index in [9.17, 15) is 24.5 Å². The molecule has 1 atom stereocenters. The zero-order chi connectivity index (χ0) is 32.3. The van der Waals surface area contributed by atoms with Crippen LogP contribution >= 0.6 is 11.8 Å². The number of nitrogens with zero attached hydrogens (tertiary/aromatic N) is 1. The minimum absolute atomic E-state index is 0.0598. The molecule has 0 saturated carbocycles. The second-order valence-electron chi connectivity index (χ2n) is 9.52. The molecular formula is C33H30N4O7S. The van der Waals surface area contributed by atoms with E-state index in [4.69, 9.17) is 9.47 Å². The number of amides is 3. The number of ether oxygens (including phenoxy) is 2. The Morgan fingerprint density at radius 2 is 1.56 bits per heavy atom. The van der Waals surface area contributed by atoms with Gasteiger partial charge in [-0.2, -0.15) is 0 Å². The van der Waals surface area contributed by atoms with Gasteiger partial charge in [0.05, 0.1) is 30.1 Å². The maximum Gasteiger partial charge on any atom is 0.272 e. The molecule has 0 aliphatic rings. The van der Waals surface area contributed by atoms with Gasteiger partial charge in [-0.3, -0.25) is 24.5 Å². The molecule has 0 bridgehead atoms. The standard InChI is InChI=1S/C33H30N4O7S/c1-21(31(38)35-28-18-15-26(43-2)20-30(28)44-3)45-27-16-11-24(12-17-27)34-33(40)29(36-32(39)23-7-5-4-6-8-23)19-22-9-13-25(14-10-22)37(41)42/h4-21H,1-3H3,(H,34,40)(H,35,38)(H,36,39)/b29-19-. The first-order valence-corrected chi connectivity index (χ1v) is 14.5. The van der Waals surface area contributed by atoms with Crippen LogP contribution in [0.2, 0.25) is 0 Å². The van der Waals surface area contributed by atoms with E-state index in [1.807, 2.05) is 0 Å². The molecule has 4 aromatic carbocycles. The van der Waals surface area contributed by atoms with Gasteiger partial charge in [-0.25, -0.2) is 0 Å². The number of carbonyl (C=O) groups excluding carboxylic acids is 3. The lowest BCUT2D eigenvalue weighted by Crippen LogP contribution is -2.30. The minimum Gasteiger partial charge on any atom is -0.497 e. The minimum atomic E-state index is -0.598. The third-order valence-electron chi connectivity index (χ3n) is 6.40. The normalized spacial score (nSPS) is 11.6. The summed E-state index contributed by atoms with van der Waals surface area (Å²) in [6, 6.07) is 26.0. The Morgan fingerprint density at radius 3 is 2.18 bits per heavy atom. The van der Waals surface area contributed by atoms with E-state index in [0.29, 0.717) is 34.0 Å². The highest BCUT2D eigenvalue weighted by Crippen LogP contribution is 2.31. The van der Waals surface area contributed by atoms with Crippen LogP contribution in [0.25, 0.3) is 6.08 Å². The Hall–Kier alpha value is -5.62. The molecule has 1 unspecified atom stereocenters. The van der Waals surface area contributed by atoms with Gasteiger partial charge >= 0.3 is 0 Å². The summed E-state index contributed by atoms with van der Waals surface area (Å²) in [5.41, 5.74) is 1.64. The molecule has 0 radical (unpaired) electrons. The Labute approximate surface area is 263 Å². The number of anilines is 2. The molecule has 3 N–H and O–H groups in total. The van der Waals surface area contributed by atoms with Crippen LogP contribution in [-0.4, -0.2) is 42.1 Å². The van der Waals surface area contributed by atoms with Gasteiger partial charge in [0.2, 0.25) is 5.91 Å². The second-order valence-corrected chi connectivity index (χ2v) is 10.9. The quantitative estimate of drug-likeness (QED) is 0.0735. The van der Waals surface area contributed by atoms with E-state index >= 15 is 0 Å². The Morgan fingerprint density at radius 1 is 0.867 bits per heavy atom. The van der Waals surface area contributed by atoms with Crippen molar-refractivity contribution in [3.8, 4) is 11.5 Å². The van der Waals surface area contributed by atoms with Crippen LogP contribution in [0, 0.1) is 10.1 Å². The molecule has 4 rings (SSSR count). The van der Waals surface area contributed by atoms with Crippen molar-refractivity contribution in [3.63, 3.8) is 0 Å². The maximum atomic E-state index is 13.3. The average molecular weight is 627 g/mol. The van der Waals surface area contributed by atoms with Gasteiger partial charge in [0.1, 0.15) is 17.2 Å². The Bertz CT molecular complexity index is 1710. The monoisotopic (exact) mass is 626 g/mol. The highest BCUT2D eigenvalue weighted by Gasteiger charge is 2.18. The number of non-ortho nitro benzene ring substituents is 1. The number of carbonyl (C=O) groups is 3. The molecule has 0 spiro atoms. The second kappa shape index (κ2) is 15.2. The molecule has 11 nitrogen and oxygen atoms in total. The lowest BCUT2D eigenvalue weighted by atomic mass is 10.1. The Kier molecular flexibility index (Phi) is 10.9. The van der Waals surface area contributed by atoms with Crippen LogP contribution in [0.15, 0.2) is 108 Å².